The van der Waals surface area contributed by atoms with Crippen molar-refractivity contribution in [1.29, 1.82) is 0 Å². The zero-order valence-corrected chi connectivity index (χ0v) is 11.0. The number of hydrogen-bond donors (Lipinski definition) is 0. The van der Waals surface area contributed by atoms with Crippen LogP contribution < -0.4 is 0 Å². The summed E-state index contributed by atoms with van der Waals surface area (Å²) in [7, 11) is 0. The molecule has 1 aromatic heterocycles. The van der Waals surface area contributed by atoms with Crippen LogP contribution in [0.3, 0.4) is 0 Å². The molecule has 88 valence electrons. The first-order valence-corrected chi connectivity index (χ1v) is 6.05. The van der Waals surface area contributed by atoms with Crippen LogP contribution in [0.2, 0.25) is 5.28 Å². The van der Waals surface area contributed by atoms with Gasteiger partial charge in [-0.05, 0) is 35.6 Å². The Hall–Kier alpha value is -1.41. The lowest BCUT2D eigenvalue weighted by Crippen LogP contribution is -1.92. The van der Waals surface area contributed by atoms with E-state index in [0.29, 0.717) is 11.2 Å². The maximum absolute atomic E-state index is 5.83. The highest BCUT2D eigenvalue weighted by Gasteiger charge is 2.06. The van der Waals surface area contributed by atoms with Crippen LogP contribution in [-0.4, -0.2) is 9.97 Å². The van der Waals surface area contributed by atoms with Crippen molar-refractivity contribution in [2.24, 2.45) is 0 Å². The van der Waals surface area contributed by atoms with Gasteiger partial charge < -0.3 is 0 Å². The first-order valence-electron chi connectivity index (χ1n) is 5.67. The standard InChI is InChI=1S/C14H15ClN2/c1-9(2)11-4-6-12(7-5-11)13-10(3)8-16-14(15)17-13/h4-9H,1-3H3. The highest BCUT2D eigenvalue weighted by Crippen LogP contribution is 2.24. The van der Waals surface area contributed by atoms with Gasteiger partial charge in [-0.25, -0.2) is 9.97 Å². The van der Waals surface area contributed by atoms with Gasteiger partial charge in [-0.1, -0.05) is 38.1 Å². The summed E-state index contributed by atoms with van der Waals surface area (Å²) in [5, 5.41) is 0.290. The van der Waals surface area contributed by atoms with E-state index in [4.69, 9.17) is 11.6 Å². The van der Waals surface area contributed by atoms with Crippen LogP contribution in [0.1, 0.15) is 30.9 Å². The lowest BCUT2D eigenvalue weighted by Gasteiger charge is -2.08. The molecule has 2 aromatic rings. The number of hydrogen-bond acceptors (Lipinski definition) is 2. The minimum Gasteiger partial charge on any atom is -0.226 e. The quantitative estimate of drug-likeness (QED) is 0.741. The SMILES string of the molecule is Cc1cnc(Cl)nc1-c1ccc(C(C)C)cc1. The molecule has 2 nitrogen and oxygen atoms in total. The van der Waals surface area contributed by atoms with Crippen molar-refractivity contribution < 1.29 is 0 Å². The molecule has 0 atom stereocenters. The molecule has 0 aliphatic rings. The average molecular weight is 247 g/mol. The molecule has 1 heterocycles. The second kappa shape index (κ2) is 4.84. The van der Waals surface area contributed by atoms with E-state index in [0.717, 1.165) is 16.8 Å². The second-order valence-corrected chi connectivity index (χ2v) is 4.79. The summed E-state index contributed by atoms with van der Waals surface area (Å²) >= 11 is 5.83. The summed E-state index contributed by atoms with van der Waals surface area (Å²) in [4.78, 5) is 8.24. The third-order valence-corrected chi connectivity index (χ3v) is 2.98. The van der Waals surface area contributed by atoms with Crippen molar-refractivity contribution in [2.75, 3.05) is 0 Å². The molecule has 2 rings (SSSR count). The van der Waals surface area contributed by atoms with Crippen molar-refractivity contribution in [3.05, 3.63) is 46.9 Å². The van der Waals surface area contributed by atoms with Gasteiger partial charge in [-0.2, -0.15) is 0 Å². The van der Waals surface area contributed by atoms with Gasteiger partial charge in [-0.3, -0.25) is 0 Å². The minimum atomic E-state index is 0.290. The molecule has 0 fully saturated rings. The Balaban J connectivity index is 2.43. The zero-order chi connectivity index (χ0) is 12.4. The molecular weight excluding hydrogens is 232 g/mol. The number of aryl methyl sites for hydroxylation is 1. The van der Waals surface area contributed by atoms with Gasteiger partial charge in [0.25, 0.3) is 0 Å². The normalized spacial score (nSPS) is 10.9. The molecule has 0 saturated heterocycles. The molecule has 3 heteroatoms. The Bertz CT molecular complexity index is 518. The Morgan fingerprint density at radius 3 is 2.35 bits per heavy atom. The maximum Gasteiger partial charge on any atom is 0.222 e. The predicted octanol–water partition coefficient (Wildman–Crippen LogP) is 4.23. The second-order valence-electron chi connectivity index (χ2n) is 4.45. The van der Waals surface area contributed by atoms with Gasteiger partial charge in [-0.15, -0.1) is 0 Å². The highest BCUT2D eigenvalue weighted by atomic mass is 35.5. The minimum absolute atomic E-state index is 0.290. The van der Waals surface area contributed by atoms with Gasteiger partial charge in [0.2, 0.25) is 5.28 Å². The summed E-state index contributed by atoms with van der Waals surface area (Å²) in [6.45, 7) is 6.35. The fraction of sp³-hybridized carbons (Fsp3) is 0.286. The zero-order valence-electron chi connectivity index (χ0n) is 10.2. The van der Waals surface area contributed by atoms with Crippen LogP contribution in [0.15, 0.2) is 30.5 Å². The smallest absolute Gasteiger partial charge is 0.222 e. The van der Waals surface area contributed by atoms with Crippen LogP contribution in [0.25, 0.3) is 11.3 Å². The lowest BCUT2D eigenvalue weighted by atomic mass is 10.00. The van der Waals surface area contributed by atoms with Crippen LogP contribution in [0.4, 0.5) is 0 Å². The van der Waals surface area contributed by atoms with Crippen molar-refractivity contribution in [1.82, 2.24) is 9.97 Å². The Morgan fingerprint density at radius 1 is 1.12 bits per heavy atom. The topological polar surface area (TPSA) is 25.8 Å². The Morgan fingerprint density at radius 2 is 1.76 bits per heavy atom. The third kappa shape index (κ3) is 2.64. The van der Waals surface area contributed by atoms with Crippen LogP contribution >= 0.6 is 11.6 Å². The average Bonchev–Trinajstić information content (AvgIpc) is 2.32. The molecule has 0 bridgehead atoms. The van der Waals surface area contributed by atoms with E-state index >= 15 is 0 Å². The molecule has 1 aromatic carbocycles. The number of nitrogens with zero attached hydrogens (tertiary/aromatic N) is 2. The molecule has 17 heavy (non-hydrogen) atoms. The lowest BCUT2D eigenvalue weighted by molar-refractivity contribution is 0.867. The van der Waals surface area contributed by atoms with Crippen molar-refractivity contribution >= 4 is 11.6 Å². The Kier molecular flexibility index (Phi) is 3.43. The molecular formula is C14H15ClN2. The van der Waals surface area contributed by atoms with Crippen molar-refractivity contribution in [2.45, 2.75) is 26.7 Å². The van der Waals surface area contributed by atoms with Crippen molar-refractivity contribution in [3.8, 4) is 11.3 Å². The fourth-order valence-electron chi connectivity index (χ4n) is 1.74. The largest absolute Gasteiger partial charge is 0.226 e. The summed E-state index contributed by atoms with van der Waals surface area (Å²) in [6.07, 6.45) is 1.75. The predicted molar refractivity (Wildman–Crippen MR) is 71.3 cm³/mol. The van der Waals surface area contributed by atoms with Crippen molar-refractivity contribution in [3.63, 3.8) is 0 Å². The first kappa shape index (κ1) is 12.1. The van der Waals surface area contributed by atoms with Gasteiger partial charge in [0.1, 0.15) is 0 Å². The third-order valence-electron chi connectivity index (χ3n) is 2.79. The molecule has 0 amide bonds. The fourth-order valence-corrected chi connectivity index (χ4v) is 1.87. The van der Waals surface area contributed by atoms with E-state index in [1.54, 1.807) is 6.20 Å². The summed E-state index contributed by atoms with van der Waals surface area (Å²) in [5.74, 6) is 0.541. The number of halogens is 1. The number of benzene rings is 1. The van der Waals surface area contributed by atoms with Gasteiger partial charge >= 0.3 is 0 Å². The van der Waals surface area contributed by atoms with E-state index in [2.05, 4.69) is 48.1 Å². The molecule has 0 unspecified atom stereocenters. The Labute approximate surface area is 107 Å². The van der Waals surface area contributed by atoms with E-state index in [-0.39, 0.29) is 0 Å². The van der Waals surface area contributed by atoms with Crippen LogP contribution in [-0.2, 0) is 0 Å². The summed E-state index contributed by atoms with van der Waals surface area (Å²) in [5.41, 5.74) is 4.34. The number of aromatic nitrogens is 2. The van der Waals surface area contributed by atoms with Gasteiger partial charge in [0.05, 0.1) is 5.69 Å². The van der Waals surface area contributed by atoms with Gasteiger partial charge in [0, 0.05) is 11.8 Å². The molecule has 0 spiro atoms. The molecule has 0 aliphatic heterocycles. The van der Waals surface area contributed by atoms with Gasteiger partial charge in [0.15, 0.2) is 0 Å². The molecule has 0 radical (unpaired) electrons. The van der Waals surface area contributed by atoms with E-state index in [1.165, 1.54) is 5.56 Å². The first-order chi connectivity index (χ1) is 8.08. The highest BCUT2D eigenvalue weighted by molar-refractivity contribution is 6.28. The summed E-state index contributed by atoms with van der Waals surface area (Å²) < 4.78 is 0. The molecule has 0 aliphatic carbocycles. The van der Waals surface area contributed by atoms with E-state index < -0.39 is 0 Å². The van der Waals surface area contributed by atoms with E-state index in [1.807, 2.05) is 6.92 Å². The maximum atomic E-state index is 5.83. The summed E-state index contributed by atoms with van der Waals surface area (Å²) in [6, 6.07) is 8.44. The molecule has 0 saturated carbocycles. The van der Waals surface area contributed by atoms with Crippen LogP contribution in [0, 0.1) is 6.92 Å². The van der Waals surface area contributed by atoms with E-state index in [9.17, 15) is 0 Å². The monoisotopic (exact) mass is 246 g/mol. The number of rotatable bonds is 2. The molecule has 0 N–H and O–H groups in total. The van der Waals surface area contributed by atoms with Crippen LogP contribution in [0.5, 0.6) is 0 Å².